The Hall–Kier alpha value is -0.410. The highest BCUT2D eigenvalue weighted by molar-refractivity contribution is 5.76. The van der Waals surface area contributed by atoms with Crippen molar-refractivity contribution in [2.45, 2.75) is 26.2 Å². The molecule has 0 saturated carbocycles. The first-order valence-electron chi connectivity index (χ1n) is 5.38. The number of ether oxygens (including phenoxy) is 2. The summed E-state index contributed by atoms with van der Waals surface area (Å²) in [6, 6.07) is 0. The molecule has 2 rings (SSSR count). The van der Waals surface area contributed by atoms with Gasteiger partial charge in [0.1, 0.15) is 5.78 Å². The largest absolute Gasteiger partial charge is 0.381 e. The second-order valence-electron chi connectivity index (χ2n) is 4.62. The number of ketones is 1. The number of hydrogen-bond acceptors (Lipinski definition) is 3. The van der Waals surface area contributed by atoms with E-state index in [0.717, 1.165) is 39.3 Å². The summed E-state index contributed by atoms with van der Waals surface area (Å²) < 4.78 is 10.6. The fraction of sp³-hybridized carbons (Fsp3) is 0.909. The molecule has 0 aromatic rings. The first-order chi connectivity index (χ1) is 6.73. The molecule has 0 aromatic carbocycles. The molecule has 80 valence electrons. The number of rotatable bonds is 3. The molecule has 0 radical (unpaired) electrons. The minimum Gasteiger partial charge on any atom is -0.381 e. The molecule has 0 spiro atoms. The molecule has 2 aliphatic rings. The molecule has 2 fully saturated rings. The van der Waals surface area contributed by atoms with Crippen LogP contribution in [-0.2, 0) is 14.3 Å². The lowest BCUT2D eigenvalue weighted by molar-refractivity contribution is -0.171. The van der Waals surface area contributed by atoms with Gasteiger partial charge in [-0.2, -0.15) is 0 Å². The molecule has 3 nitrogen and oxygen atoms in total. The summed E-state index contributed by atoms with van der Waals surface area (Å²) in [6.45, 7) is 4.93. The maximum atomic E-state index is 11.2. The fourth-order valence-corrected chi connectivity index (χ4v) is 2.65. The van der Waals surface area contributed by atoms with Crippen molar-refractivity contribution in [2.24, 2.45) is 11.3 Å². The third-order valence-electron chi connectivity index (χ3n) is 3.47. The maximum Gasteiger partial charge on any atom is 0.130 e. The molecule has 0 atom stereocenters. The Labute approximate surface area is 84.8 Å². The van der Waals surface area contributed by atoms with Crippen molar-refractivity contribution in [1.82, 2.24) is 0 Å². The summed E-state index contributed by atoms with van der Waals surface area (Å²) >= 11 is 0. The van der Waals surface area contributed by atoms with E-state index in [4.69, 9.17) is 9.47 Å². The van der Waals surface area contributed by atoms with Gasteiger partial charge in [-0.05, 0) is 25.7 Å². The van der Waals surface area contributed by atoms with E-state index in [9.17, 15) is 4.79 Å². The summed E-state index contributed by atoms with van der Waals surface area (Å²) in [4.78, 5) is 11.2. The summed E-state index contributed by atoms with van der Waals surface area (Å²) in [6.07, 6.45) is 2.88. The van der Waals surface area contributed by atoms with Crippen LogP contribution in [0.25, 0.3) is 0 Å². The molecular formula is C11H18O3. The van der Waals surface area contributed by atoms with Crippen molar-refractivity contribution in [3.63, 3.8) is 0 Å². The predicted molar refractivity (Wildman–Crippen MR) is 52.1 cm³/mol. The Morgan fingerprint density at radius 1 is 1.29 bits per heavy atom. The van der Waals surface area contributed by atoms with E-state index in [1.807, 2.05) is 0 Å². The van der Waals surface area contributed by atoms with Gasteiger partial charge in [-0.25, -0.2) is 0 Å². The van der Waals surface area contributed by atoms with E-state index in [-0.39, 0.29) is 5.41 Å². The molecular weight excluding hydrogens is 180 g/mol. The lowest BCUT2D eigenvalue weighted by Gasteiger charge is -2.48. The van der Waals surface area contributed by atoms with Crippen molar-refractivity contribution in [3.05, 3.63) is 0 Å². The highest BCUT2D eigenvalue weighted by Gasteiger charge is 2.46. The Morgan fingerprint density at radius 3 is 2.36 bits per heavy atom. The van der Waals surface area contributed by atoms with Gasteiger partial charge in [-0.3, -0.25) is 0 Å². The van der Waals surface area contributed by atoms with Crippen LogP contribution in [0, 0.1) is 11.3 Å². The van der Waals surface area contributed by atoms with E-state index in [1.165, 1.54) is 0 Å². The Morgan fingerprint density at radius 2 is 1.93 bits per heavy atom. The number of hydrogen-bond donors (Lipinski definition) is 0. The van der Waals surface area contributed by atoms with Crippen LogP contribution < -0.4 is 0 Å². The second-order valence-corrected chi connectivity index (χ2v) is 4.62. The van der Waals surface area contributed by atoms with Crippen molar-refractivity contribution >= 4 is 5.78 Å². The summed E-state index contributed by atoms with van der Waals surface area (Å²) in [5, 5.41) is 0. The highest BCUT2D eigenvalue weighted by Crippen LogP contribution is 2.44. The van der Waals surface area contributed by atoms with Crippen LogP contribution in [0.4, 0.5) is 0 Å². The monoisotopic (exact) mass is 198 g/mol. The molecule has 14 heavy (non-hydrogen) atoms. The van der Waals surface area contributed by atoms with Crippen LogP contribution in [0.15, 0.2) is 0 Å². The molecule has 0 aromatic heterocycles. The SMILES string of the molecule is CC(=O)CC1(C2CCOCC2)COC1. The molecule has 2 heterocycles. The van der Waals surface area contributed by atoms with Crippen LogP contribution in [0.5, 0.6) is 0 Å². The van der Waals surface area contributed by atoms with E-state index in [1.54, 1.807) is 6.92 Å². The van der Waals surface area contributed by atoms with Crippen LogP contribution in [-0.4, -0.2) is 32.2 Å². The molecule has 2 aliphatic heterocycles. The first kappa shape index (κ1) is 10.1. The Balaban J connectivity index is 1.99. The molecule has 0 amide bonds. The van der Waals surface area contributed by atoms with Crippen molar-refractivity contribution in [2.75, 3.05) is 26.4 Å². The Bertz CT molecular complexity index is 215. The number of carbonyl (C=O) groups is 1. The topological polar surface area (TPSA) is 35.5 Å². The van der Waals surface area contributed by atoms with Gasteiger partial charge in [-0.1, -0.05) is 0 Å². The van der Waals surface area contributed by atoms with Gasteiger partial charge < -0.3 is 14.3 Å². The van der Waals surface area contributed by atoms with Gasteiger partial charge in [-0.15, -0.1) is 0 Å². The van der Waals surface area contributed by atoms with Crippen LogP contribution in [0.1, 0.15) is 26.2 Å². The van der Waals surface area contributed by atoms with Crippen molar-refractivity contribution < 1.29 is 14.3 Å². The van der Waals surface area contributed by atoms with E-state index in [0.29, 0.717) is 18.1 Å². The average Bonchev–Trinajstić information content (AvgIpc) is 2.12. The molecule has 0 aliphatic carbocycles. The summed E-state index contributed by atoms with van der Waals surface area (Å²) in [5.41, 5.74) is 0.162. The summed E-state index contributed by atoms with van der Waals surface area (Å²) in [7, 11) is 0. The van der Waals surface area contributed by atoms with Crippen LogP contribution in [0.2, 0.25) is 0 Å². The average molecular weight is 198 g/mol. The maximum absolute atomic E-state index is 11.2. The normalized spacial score (nSPS) is 26.9. The van der Waals surface area contributed by atoms with Crippen molar-refractivity contribution in [3.8, 4) is 0 Å². The number of Topliss-reactive ketones (excluding diaryl/α,β-unsaturated/α-hetero) is 1. The standard InChI is InChI=1S/C11H18O3/c1-9(12)6-11(7-14-8-11)10-2-4-13-5-3-10/h10H,2-8H2,1H3. The zero-order valence-corrected chi connectivity index (χ0v) is 8.75. The van der Waals surface area contributed by atoms with E-state index in [2.05, 4.69) is 0 Å². The van der Waals surface area contributed by atoms with Crippen molar-refractivity contribution in [1.29, 1.82) is 0 Å². The van der Waals surface area contributed by atoms with E-state index >= 15 is 0 Å². The summed E-state index contributed by atoms with van der Waals surface area (Å²) in [5.74, 6) is 0.925. The lowest BCUT2D eigenvalue weighted by atomic mass is 9.67. The number of carbonyl (C=O) groups excluding carboxylic acids is 1. The van der Waals surface area contributed by atoms with E-state index < -0.39 is 0 Å². The third kappa shape index (κ3) is 1.84. The lowest BCUT2D eigenvalue weighted by Crippen LogP contribution is -2.51. The van der Waals surface area contributed by atoms with Gasteiger partial charge in [0, 0.05) is 25.0 Å². The van der Waals surface area contributed by atoms with Gasteiger partial charge in [0.05, 0.1) is 13.2 Å². The first-order valence-corrected chi connectivity index (χ1v) is 5.38. The van der Waals surface area contributed by atoms with Gasteiger partial charge in [0.15, 0.2) is 0 Å². The highest BCUT2D eigenvalue weighted by atomic mass is 16.5. The zero-order valence-electron chi connectivity index (χ0n) is 8.75. The Kier molecular flexibility index (Phi) is 2.88. The predicted octanol–water partition coefficient (Wildman–Crippen LogP) is 1.41. The molecule has 0 unspecified atom stereocenters. The fourth-order valence-electron chi connectivity index (χ4n) is 2.65. The third-order valence-corrected chi connectivity index (χ3v) is 3.47. The molecule has 0 bridgehead atoms. The smallest absolute Gasteiger partial charge is 0.130 e. The molecule has 3 heteroatoms. The molecule has 2 saturated heterocycles. The second kappa shape index (κ2) is 3.99. The van der Waals surface area contributed by atoms with Gasteiger partial charge in [0.25, 0.3) is 0 Å². The van der Waals surface area contributed by atoms with Gasteiger partial charge in [0.2, 0.25) is 0 Å². The van der Waals surface area contributed by atoms with Crippen LogP contribution in [0.3, 0.4) is 0 Å². The molecule has 0 N–H and O–H groups in total. The van der Waals surface area contributed by atoms with Gasteiger partial charge >= 0.3 is 0 Å². The van der Waals surface area contributed by atoms with Crippen LogP contribution >= 0.6 is 0 Å². The minimum atomic E-state index is 0.162. The minimum absolute atomic E-state index is 0.162. The quantitative estimate of drug-likeness (QED) is 0.687. The zero-order chi connectivity index (χ0) is 10.0.